The molecule has 1 unspecified atom stereocenters. The van der Waals surface area contributed by atoms with Gasteiger partial charge in [0.15, 0.2) is 23.1 Å². The highest BCUT2D eigenvalue weighted by molar-refractivity contribution is 5.84. The number of nitrogens with zero attached hydrogens (tertiary/aromatic N) is 4. The van der Waals surface area contributed by atoms with E-state index < -0.39 is 11.6 Å². The first-order chi connectivity index (χ1) is 14.0. The van der Waals surface area contributed by atoms with Crippen LogP contribution in [0.2, 0.25) is 0 Å². The summed E-state index contributed by atoms with van der Waals surface area (Å²) in [6.45, 7) is 1.93. The number of piperidine rings is 1. The maximum Gasteiger partial charge on any atom is 0.224 e. The van der Waals surface area contributed by atoms with Crippen LogP contribution in [-0.4, -0.2) is 45.5 Å². The monoisotopic (exact) mass is 401 g/mol. The fourth-order valence-corrected chi connectivity index (χ4v) is 3.67. The van der Waals surface area contributed by atoms with Crippen LogP contribution in [-0.2, 0) is 11.2 Å². The van der Waals surface area contributed by atoms with Gasteiger partial charge in [-0.2, -0.15) is 9.97 Å². The molecule has 4 rings (SSSR count). The highest BCUT2D eigenvalue weighted by Gasteiger charge is 2.24. The number of hydrogen-bond donors (Lipinski definition) is 3. The molecule has 1 aromatic carbocycles. The number of aromatic nitrogens is 4. The molecule has 0 radical (unpaired) electrons. The lowest BCUT2D eigenvalue weighted by atomic mass is 9.97. The van der Waals surface area contributed by atoms with Crippen LogP contribution in [0, 0.1) is 17.6 Å². The van der Waals surface area contributed by atoms with E-state index in [0.717, 1.165) is 31.0 Å². The molecule has 1 saturated heterocycles. The zero-order valence-corrected chi connectivity index (χ0v) is 15.7. The van der Waals surface area contributed by atoms with Gasteiger partial charge in [0.1, 0.15) is 5.52 Å². The van der Waals surface area contributed by atoms with Crippen LogP contribution in [0.15, 0.2) is 24.5 Å². The molecule has 8 nitrogen and oxygen atoms in total. The molecule has 10 heteroatoms. The maximum absolute atomic E-state index is 13.7. The number of nitrogens with one attached hydrogen (secondary N) is 2. The molecule has 0 aliphatic carbocycles. The Morgan fingerprint density at radius 2 is 2.21 bits per heavy atom. The van der Waals surface area contributed by atoms with Crippen molar-refractivity contribution in [2.45, 2.75) is 19.3 Å². The van der Waals surface area contributed by atoms with Crippen LogP contribution < -0.4 is 16.0 Å². The number of amides is 1. The molecule has 0 saturated carbocycles. The van der Waals surface area contributed by atoms with E-state index in [1.807, 2.05) is 0 Å². The normalized spacial score (nSPS) is 16.9. The fraction of sp³-hybridized carbons (Fsp3) is 0.368. The SMILES string of the molecule is Nc1nc(N2CCCC(CNC(=O)Cc3cccc(F)c3F)C2)c2[nH]cnc2n1. The standard InChI is InChI=1S/C19H21F2N7O/c20-13-5-1-4-12(15(13)21)7-14(29)23-8-11-3-2-6-28(9-11)18-16-17(25-10-24-16)26-19(22)27-18/h1,4-5,10-11H,2-3,6-9H2,(H,23,29)(H3,22,24,25,26,27). The molecule has 0 bridgehead atoms. The van der Waals surface area contributed by atoms with Crippen molar-refractivity contribution >= 4 is 28.8 Å². The van der Waals surface area contributed by atoms with E-state index in [4.69, 9.17) is 5.73 Å². The maximum atomic E-state index is 13.7. The van der Waals surface area contributed by atoms with Crippen molar-refractivity contribution < 1.29 is 13.6 Å². The average Bonchev–Trinajstić information content (AvgIpc) is 3.18. The number of halogens is 2. The van der Waals surface area contributed by atoms with Crippen LogP contribution >= 0.6 is 0 Å². The third kappa shape index (κ3) is 4.10. The van der Waals surface area contributed by atoms with Gasteiger partial charge >= 0.3 is 0 Å². The first-order valence-corrected chi connectivity index (χ1v) is 9.42. The van der Waals surface area contributed by atoms with E-state index in [0.29, 0.717) is 24.6 Å². The van der Waals surface area contributed by atoms with Crippen LogP contribution in [0.3, 0.4) is 0 Å². The zero-order chi connectivity index (χ0) is 20.4. The molecule has 1 aliphatic heterocycles. The predicted molar refractivity (Wildman–Crippen MR) is 104 cm³/mol. The van der Waals surface area contributed by atoms with E-state index in [1.165, 1.54) is 12.1 Å². The van der Waals surface area contributed by atoms with Crippen LogP contribution in [0.4, 0.5) is 20.5 Å². The number of benzene rings is 1. The zero-order valence-electron chi connectivity index (χ0n) is 15.7. The number of carbonyl (C=O) groups is 1. The van der Waals surface area contributed by atoms with Gasteiger partial charge in [0.05, 0.1) is 12.7 Å². The Hall–Kier alpha value is -3.30. The second-order valence-electron chi connectivity index (χ2n) is 7.15. The average molecular weight is 401 g/mol. The Kier molecular flexibility index (Phi) is 5.24. The molecule has 1 aliphatic rings. The summed E-state index contributed by atoms with van der Waals surface area (Å²) in [5.41, 5.74) is 7.09. The number of aromatic amines is 1. The topological polar surface area (TPSA) is 113 Å². The molecule has 0 spiro atoms. The molecule has 3 heterocycles. The van der Waals surface area contributed by atoms with E-state index >= 15 is 0 Å². The number of anilines is 2. The van der Waals surface area contributed by atoms with Crippen LogP contribution in [0.1, 0.15) is 18.4 Å². The minimum absolute atomic E-state index is 0.0471. The van der Waals surface area contributed by atoms with Gasteiger partial charge in [-0.25, -0.2) is 13.8 Å². The molecule has 1 amide bonds. The van der Waals surface area contributed by atoms with Crippen molar-refractivity contribution in [1.82, 2.24) is 25.3 Å². The number of nitrogens with two attached hydrogens (primary N) is 1. The third-order valence-electron chi connectivity index (χ3n) is 5.07. The molecule has 1 fully saturated rings. The highest BCUT2D eigenvalue weighted by Crippen LogP contribution is 2.26. The first kappa shape index (κ1) is 19.0. The smallest absolute Gasteiger partial charge is 0.224 e. The summed E-state index contributed by atoms with van der Waals surface area (Å²) >= 11 is 0. The van der Waals surface area contributed by atoms with Crippen molar-refractivity contribution in [2.75, 3.05) is 30.3 Å². The van der Waals surface area contributed by atoms with Gasteiger partial charge in [0, 0.05) is 25.2 Å². The number of imidazole rings is 1. The lowest BCUT2D eigenvalue weighted by molar-refractivity contribution is -0.120. The largest absolute Gasteiger partial charge is 0.368 e. The van der Waals surface area contributed by atoms with Crippen LogP contribution in [0.5, 0.6) is 0 Å². The lowest BCUT2D eigenvalue weighted by Gasteiger charge is -2.33. The summed E-state index contributed by atoms with van der Waals surface area (Å²) in [5, 5.41) is 2.83. The molecule has 3 aromatic rings. The Bertz CT molecular complexity index is 1040. The van der Waals surface area contributed by atoms with E-state index in [-0.39, 0.29) is 29.8 Å². The molecule has 4 N–H and O–H groups in total. The number of rotatable bonds is 5. The fourth-order valence-electron chi connectivity index (χ4n) is 3.67. The van der Waals surface area contributed by atoms with E-state index in [1.54, 1.807) is 6.33 Å². The van der Waals surface area contributed by atoms with Gasteiger partial charge in [-0.3, -0.25) is 4.79 Å². The van der Waals surface area contributed by atoms with Crippen molar-refractivity contribution in [3.05, 3.63) is 41.7 Å². The summed E-state index contributed by atoms with van der Waals surface area (Å²) < 4.78 is 27.0. The van der Waals surface area contributed by atoms with Crippen molar-refractivity contribution in [3.8, 4) is 0 Å². The second kappa shape index (κ2) is 7.98. The second-order valence-corrected chi connectivity index (χ2v) is 7.15. The number of carbonyl (C=O) groups excluding carboxylic acids is 1. The first-order valence-electron chi connectivity index (χ1n) is 9.42. The quantitative estimate of drug-likeness (QED) is 0.601. The summed E-state index contributed by atoms with van der Waals surface area (Å²) in [7, 11) is 0. The van der Waals surface area contributed by atoms with Crippen LogP contribution in [0.25, 0.3) is 11.2 Å². The summed E-state index contributed by atoms with van der Waals surface area (Å²) in [6.07, 6.45) is 3.23. The van der Waals surface area contributed by atoms with Crippen molar-refractivity contribution in [2.24, 2.45) is 5.92 Å². The van der Waals surface area contributed by atoms with Gasteiger partial charge in [-0.05, 0) is 24.8 Å². The molecule has 1 atom stereocenters. The van der Waals surface area contributed by atoms with Crippen molar-refractivity contribution in [3.63, 3.8) is 0 Å². The lowest BCUT2D eigenvalue weighted by Crippen LogP contribution is -2.41. The molecule has 152 valence electrons. The number of fused-ring (bicyclic) bond motifs is 1. The van der Waals surface area contributed by atoms with Crippen molar-refractivity contribution in [1.29, 1.82) is 0 Å². The Morgan fingerprint density at radius 3 is 3.07 bits per heavy atom. The molecule has 29 heavy (non-hydrogen) atoms. The summed E-state index contributed by atoms with van der Waals surface area (Å²) in [5.74, 6) is -1.22. The van der Waals surface area contributed by atoms with Gasteiger partial charge in [-0.1, -0.05) is 12.1 Å². The van der Waals surface area contributed by atoms with Gasteiger partial charge in [0.2, 0.25) is 11.9 Å². The summed E-state index contributed by atoms with van der Waals surface area (Å²) in [6, 6.07) is 3.84. The third-order valence-corrected chi connectivity index (χ3v) is 5.07. The van der Waals surface area contributed by atoms with Gasteiger partial charge in [0.25, 0.3) is 0 Å². The molecule has 2 aromatic heterocycles. The minimum atomic E-state index is -0.976. The Labute approximate surface area is 165 Å². The van der Waals surface area contributed by atoms with Gasteiger partial charge in [-0.15, -0.1) is 0 Å². The number of hydrogen-bond acceptors (Lipinski definition) is 6. The Morgan fingerprint density at radius 1 is 1.34 bits per heavy atom. The minimum Gasteiger partial charge on any atom is -0.368 e. The van der Waals surface area contributed by atoms with Gasteiger partial charge < -0.3 is 20.9 Å². The Balaban J connectivity index is 1.38. The van der Waals surface area contributed by atoms with E-state index in [9.17, 15) is 13.6 Å². The predicted octanol–water partition coefficient (Wildman–Crippen LogP) is 1.79. The number of nitrogen functional groups attached to an aromatic ring is 1. The molecular weight excluding hydrogens is 380 g/mol. The van der Waals surface area contributed by atoms with E-state index in [2.05, 4.69) is 30.2 Å². The number of H-pyrrole nitrogens is 1. The molecular formula is C19H21F2N7O. The summed E-state index contributed by atoms with van der Waals surface area (Å²) in [4.78, 5) is 29.9. The highest BCUT2D eigenvalue weighted by atomic mass is 19.2.